The summed E-state index contributed by atoms with van der Waals surface area (Å²) in [6.45, 7) is 0. The van der Waals surface area contributed by atoms with Gasteiger partial charge in [-0.05, 0) is 107 Å². The average Bonchev–Trinajstić information content (AvgIpc) is 3.76. The van der Waals surface area contributed by atoms with E-state index in [4.69, 9.17) is 16.3 Å². The first-order valence-corrected chi connectivity index (χ1v) is 20.8. The highest BCUT2D eigenvalue weighted by Gasteiger charge is 2.50. The normalized spacial score (nSPS) is 31.2. The maximum Gasteiger partial charge on any atom is 0.407 e. The molecule has 0 radical (unpaired) electrons. The van der Waals surface area contributed by atoms with E-state index in [9.17, 15) is 24.3 Å². The molecule has 1 saturated heterocycles. The van der Waals surface area contributed by atoms with Crippen molar-refractivity contribution in [3.63, 3.8) is 0 Å². The number of hydrogen-bond acceptors (Lipinski definition) is 6. The van der Waals surface area contributed by atoms with Gasteiger partial charge in [-0.1, -0.05) is 75.1 Å². The third-order valence-electron chi connectivity index (χ3n) is 13.4. The Hall–Kier alpha value is -2.85. The molecule has 7 unspecified atom stereocenters. The molecule has 6 aliphatic rings. The molecule has 1 spiro atoms. The summed E-state index contributed by atoms with van der Waals surface area (Å²) in [6.07, 6.45) is 16.6. The molecule has 7 rings (SSSR count). The van der Waals surface area contributed by atoms with E-state index in [2.05, 4.69) is 27.3 Å². The van der Waals surface area contributed by atoms with Gasteiger partial charge in [0.15, 0.2) is 6.10 Å². The van der Waals surface area contributed by atoms with Crippen molar-refractivity contribution in [2.24, 2.45) is 29.6 Å². The topological polar surface area (TPSA) is 146 Å². The van der Waals surface area contributed by atoms with Crippen LogP contribution in [0, 0.1) is 29.6 Å². The zero-order valence-electron chi connectivity index (χ0n) is 30.6. The summed E-state index contributed by atoms with van der Waals surface area (Å²) in [5.74, 6) is -0.836. The lowest BCUT2D eigenvalue weighted by atomic mass is 9.64. The zero-order valence-corrected chi connectivity index (χ0v) is 31.3. The molecular formula is C41H59ClN4O6. The van der Waals surface area contributed by atoms with Crippen LogP contribution in [0.15, 0.2) is 24.3 Å². The van der Waals surface area contributed by atoms with Crippen LogP contribution >= 0.6 is 11.6 Å². The zero-order chi connectivity index (χ0) is 36.2. The monoisotopic (exact) mass is 738 g/mol. The van der Waals surface area contributed by atoms with Gasteiger partial charge in [0, 0.05) is 40.4 Å². The molecule has 4 amide bonds. The van der Waals surface area contributed by atoms with Gasteiger partial charge < -0.3 is 31.1 Å². The highest BCUT2D eigenvalue weighted by molar-refractivity contribution is 6.30. The van der Waals surface area contributed by atoms with Gasteiger partial charge in [-0.2, -0.15) is 0 Å². The summed E-state index contributed by atoms with van der Waals surface area (Å²) in [5, 5.41) is 24.4. The largest absolute Gasteiger partial charge is 0.446 e. The third-order valence-corrected chi connectivity index (χ3v) is 13.6. The second kappa shape index (κ2) is 16.7. The van der Waals surface area contributed by atoms with Crippen LogP contribution in [-0.2, 0) is 25.5 Å². The van der Waals surface area contributed by atoms with Crippen LogP contribution in [-0.4, -0.2) is 64.8 Å². The van der Waals surface area contributed by atoms with Crippen molar-refractivity contribution in [3.8, 4) is 0 Å². The minimum Gasteiger partial charge on any atom is -0.446 e. The van der Waals surface area contributed by atoms with Gasteiger partial charge in [0.05, 0.1) is 6.04 Å². The fraction of sp³-hybridized carbons (Fsp3) is 0.756. The summed E-state index contributed by atoms with van der Waals surface area (Å²) in [7, 11) is 0. The lowest BCUT2D eigenvalue weighted by Gasteiger charge is -2.46. The van der Waals surface area contributed by atoms with Crippen LogP contribution in [0.4, 0.5) is 4.79 Å². The second-order valence-corrected chi connectivity index (χ2v) is 17.7. The minimum absolute atomic E-state index is 0.0467. The minimum atomic E-state index is -1.45. The fourth-order valence-corrected chi connectivity index (χ4v) is 10.5. The van der Waals surface area contributed by atoms with Crippen molar-refractivity contribution in [1.82, 2.24) is 21.3 Å². The van der Waals surface area contributed by atoms with Crippen molar-refractivity contribution < 1.29 is 29.0 Å². The number of carbonyl (C=O) groups excluding carboxylic acids is 4. The standard InChI is InChI=1S/C41H59ClN4O6/c42-29-13-7-11-26(20-29)19-27-12-8-14-35(27)52-40(51)45-33-23-32(31(33)21-25-9-3-1-4-10-25)38(49)44-34(36(47)39(50)43-30-15-16-30)22-28-24-41(46-37(28)48)17-5-2-6-18-41/h7,11,13,20,25,27-28,30-36,47H,1-6,8-10,12,14-19,21-24H2,(H,43,50)(H,44,49)(H,45,51)(H,46,48)/t27?,28?,31-,32?,33?,34?,35?,36?/m0/s1. The highest BCUT2D eigenvalue weighted by atomic mass is 35.5. The molecule has 5 saturated carbocycles. The van der Waals surface area contributed by atoms with Gasteiger partial charge >= 0.3 is 6.09 Å². The second-order valence-electron chi connectivity index (χ2n) is 17.3. The number of carbonyl (C=O) groups is 4. The molecule has 1 aromatic carbocycles. The van der Waals surface area contributed by atoms with E-state index in [-0.39, 0.29) is 65.6 Å². The van der Waals surface area contributed by atoms with Crippen LogP contribution in [0.2, 0.25) is 5.02 Å². The predicted molar refractivity (Wildman–Crippen MR) is 198 cm³/mol. The molecule has 0 bridgehead atoms. The number of alkyl carbamates (subject to hydrolysis) is 1. The Morgan fingerprint density at radius 3 is 2.48 bits per heavy atom. The predicted octanol–water partition coefficient (Wildman–Crippen LogP) is 6.11. The fourth-order valence-electron chi connectivity index (χ4n) is 10.3. The average molecular weight is 739 g/mol. The van der Waals surface area contributed by atoms with Crippen molar-refractivity contribution in [3.05, 3.63) is 34.9 Å². The Morgan fingerprint density at radius 2 is 1.73 bits per heavy atom. The lowest BCUT2D eigenvalue weighted by Crippen LogP contribution is -2.60. The molecule has 1 heterocycles. The third kappa shape index (κ3) is 9.26. The molecule has 11 heteroatoms. The molecule has 8 atom stereocenters. The van der Waals surface area contributed by atoms with Gasteiger partial charge in [0.25, 0.3) is 5.91 Å². The number of halogens is 1. The first-order chi connectivity index (χ1) is 25.1. The summed E-state index contributed by atoms with van der Waals surface area (Å²) in [6, 6.07) is 6.85. The highest BCUT2D eigenvalue weighted by Crippen LogP contribution is 2.44. The van der Waals surface area contributed by atoms with E-state index in [0.29, 0.717) is 23.8 Å². The van der Waals surface area contributed by atoms with E-state index in [1.54, 1.807) is 0 Å². The number of rotatable bonds is 13. The lowest BCUT2D eigenvalue weighted by molar-refractivity contribution is -0.138. The van der Waals surface area contributed by atoms with Crippen LogP contribution in [0.1, 0.15) is 128 Å². The SMILES string of the molecule is O=C(NC1CC(C(=O)NC(CC2CC3(CCCCC3)NC2=O)C(O)C(=O)NC2CC2)[C@@H]1CC1CCCCC1)OC1CCCC1Cc1cccc(Cl)c1. The quantitative estimate of drug-likeness (QED) is 0.165. The van der Waals surface area contributed by atoms with Gasteiger partial charge in [0.1, 0.15) is 6.10 Å². The van der Waals surface area contributed by atoms with Crippen molar-refractivity contribution in [2.75, 3.05) is 0 Å². The van der Waals surface area contributed by atoms with Crippen LogP contribution in [0.25, 0.3) is 0 Å². The number of ether oxygens (including phenoxy) is 1. The van der Waals surface area contributed by atoms with E-state index in [1.807, 2.05) is 18.2 Å². The Morgan fingerprint density at radius 1 is 0.962 bits per heavy atom. The Kier molecular flexibility index (Phi) is 12.0. The maximum atomic E-state index is 14.1. The van der Waals surface area contributed by atoms with E-state index in [1.165, 1.54) is 25.7 Å². The molecule has 6 fully saturated rings. The number of benzene rings is 1. The first kappa shape index (κ1) is 37.5. The van der Waals surface area contributed by atoms with E-state index < -0.39 is 24.1 Å². The van der Waals surface area contributed by atoms with Gasteiger partial charge in [-0.3, -0.25) is 14.4 Å². The molecule has 10 nitrogen and oxygen atoms in total. The van der Waals surface area contributed by atoms with Gasteiger partial charge in [0.2, 0.25) is 11.8 Å². The maximum absolute atomic E-state index is 14.1. The number of amides is 4. The Labute approximate surface area is 313 Å². The van der Waals surface area contributed by atoms with Gasteiger partial charge in [-0.25, -0.2) is 4.79 Å². The smallest absolute Gasteiger partial charge is 0.407 e. The number of aliphatic hydroxyl groups excluding tert-OH is 1. The molecular weight excluding hydrogens is 680 g/mol. The molecule has 5 N–H and O–H groups in total. The summed E-state index contributed by atoms with van der Waals surface area (Å²) in [5.41, 5.74) is 0.931. The van der Waals surface area contributed by atoms with Crippen LogP contribution in [0.5, 0.6) is 0 Å². The Bertz CT molecular complexity index is 1440. The number of hydrogen-bond donors (Lipinski definition) is 5. The molecule has 0 aromatic heterocycles. The Balaban J connectivity index is 0.998. The summed E-state index contributed by atoms with van der Waals surface area (Å²) >= 11 is 6.23. The number of nitrogens with one attached hydrogen (secondary N) is 4. The molecule has 286 valence electrons. The van der Waals surface area contributed by atoms with Crippen LogP contribution < -0.4 is 21.3 Å². The number of aliphatic hydroxyl groups is 1. The molecule has 52 heavy (non-hydrogen) atoms. The molecule has 5 aliphatic carbocycles. The van der Waals surface area contributed by atoms with Gasteiger partial charge in [-0.15, -0.1) is 0 Å². The summed E-state index contributed by atoms with van der Waals surface area (Å²) in [4.78, 5) is 53.9. The van der Waals surface area contributed by atoms with Crippen LogP contribution in [0.3, 0.4) is 0 Å². The summed E-state index contributed by atoms with van der Waals surface area (Å²) < 4.78 is 6.06. The van der Waals surface area contributed by atoms with Crippen molar-refractivity contribution >= 4 is 35.4 Å². The molecule has 1 aliphatic heterocycles. The van der Waals surface area contributed by atoms with Crippen molar-refractivity contribution in [2.45, 2.75) is 164 Å². The molecule has 1 aromatic rings. The first-order valence-electron chi connectivity index (χ1n) is 20.5. The van der Waals surface area contributed by atoms with E-state index in [0.717, 1.165) is 89.0 Å². The van der Waals surface area contributed by atoms with Crippen molar-refractivity contribution in [1.29, 1.82) is 0 Å². The van der Waals surface area contributed by atoms with E-state index >= 15 is 0 Å².